The van der Waals surface area contributed by atoms with E-state index in [9.17, 15) is 26.4 Å². The van der Waals surface area contributed by atoms with E-state index >= 15 is 0 Å². The highest BCUT2D eigenvalue weighted by atomic mass is 32.2. The molecule has 3 aromatic rings. The van der Waals surface area contributed by atoms with Crippen LogP contribution in [-0.2, 0) is 30.8 Å². The molecule has 9 nitrogen and oxygen atoms in total. The first-order chi connectivity index (χ1) is 18.1. The largest absolute Gasteiger partial charge is 0.490 e. The lowest BCUT2D eigenvalue weighted by atomic mass is 9.95. The number of aryl methyl sites for hydroxylation is 1. The quantitative estimate of drug-likeness (QED) is 0.152. The number of carbonyl (C=O) groups is 2. The lowest BCUT2D eigenvalue weighted by Gasteiger charge is -2.18. The van der Waals surface area contributed by atoms with Gasteiger partial charge >= 0.3 is 18.1 Å². The van der Waals surface area contributed by atoms with E-state index in [1.165, 1.54) is 23.9 Å². The van der Waals surface area contributed by atoms with Gasteiger partial charge in [-0.2, -0.15) is 13.2 Å². The molecule has 0 fully saturated rings. The molecule has 0 aliphatic heterocycles. The van der Waals surface area contributed by atoms with Crippen molar-refractivity contribution < 1.29 is 46.1 Å². The third-order valence-electron chi connectivity index (χ3n) is 4.95. The number of thiophene rings is 1. The summed E-state index contributed by atoms with van der Waals surface area (Å²) in [4.78, 5) is 20.4. The number of aliphatic carboxylic acids is 2. The van der Waals surface area contributed by atoms with Gasteiger partial charge in [-0.1, -0.05) is 36.4 Å². The van der Waals surface area contributed by atoms with Crippen LogP contribution in [0.25, 0.3) is 11.1 Å². The fourth-order valence-corrected chi connectivity index (χ4v) is 7.40. The minimum Gasteiger partial charge on any atom is -0.480 e. The summed E-state index contributed by atoms with van der Waals surface area (Å²) in [6, 6.07) is 14.0. The Labute approximate surface area is 229 Å². The van der Waals surface area contributed by atoms with Crippen LogP contribution in [0.2, 0.25) is 0 Å². The van der Waals surface area contributed by atoms with Gasteiger partial charge in [-0.3, -0.25) is 5.41 Å². The summed E-state index contributed by atoms with van der Waals surface area (Å²) in [7, 11) is -4.01. The molecule has 210 valence electrons. The first-order valence-electron chi connectivity index (χ1n) is 10.7. The van der Waals surface area contributed by atoms with Gasteiger partial charge in [0.15, 0.2) is 0 Å². The Bertz CT molecular complexity index is 1470. The van der Waals surface area contributed by atoms with Crippen molar-refractivity contribution in [1.82, 2.24) is 0 Å². The molecule has 15 heteroatoms. The van der Waals surface area contributed by atoms with Crippen LogP contribution in [0, 0.1) is 12.3 Å². The number of benzene rings is 2. The number of ether oxygens (including phenoxy) is 1. The Morgan fingerprint density at radius 2 is 1.69 bits per heavy atom. The Hall–Kier alpha value is -3.40. The van der Waals surface area contributed by atoms with Crippen LogP contribution >= 0.6 is 23.1 Å². The summed E-state index contributed by atoms with van der Waals surface area (Å²) >= 11 is 2.41. The van der Waals surface area contributed by atoms with Crippen LogP contribution in [0.1, 0.15) is 16.0 Å². The zero-order valence-electron chi connectivity index (χ0n) is 20.4. The number of rotatable bonds is 9. The number of nitrogens with one attached hydrogen (secondary N) is 1. The molecule has 0 bridgehead atoms. The van der Waals surface area contributed by atoms with E-state index in [4.69, 9.17) is 30.9 Å². The summed E-state index contributed by atoms with van der Waals surface area (Å²) in [5.74, 6) is -4.10. The lowest BCUT2D eigenvalue weighted by molar-refractivity contribution is -0.192. The van der Waals surface area contributed by atoms with Gasteiger partial charge in [0.1, 0.15) is 12.4 Å². The summed E-state index contributed by atoms with van der Waals surface area (Å²) in [6.45, 7) is 1.13. The molecule has 1 heterocycles. The number of alkyl halides is 3. The molecular weight excluding hydrogens is 581 g/mol. The second-order valence-corrected chi connectivity index (χ2v) is 11.7. The number of sulfone groups is 1. The molecule has 0 atom stereocenters. The molecule has 0 radical (unpaired) electrons. The molecule has 1 aromatic heterocycles. The second-order valence-electron chi connectivity index (χ2n) is 7.67. The highest BCUT2D eigenvalue weighted by Crippen LogP contribution is 2.40. The molecular formula is C24H23F3N2O7S3. The smallest absolute Gasteiger partial charge is 0.480 e. The van der Waals surface area contributed by atoms with Crippen molar-refractivity contribution in [1.29, 1.82) is 5.41 Å². The van der Waals surface area contributed by atoms with Gasteiger partial charge in [-0.15, -0.1) is 23.1 Å². The summed E-state index contributed by atoms with van der Waals surface area (Å²) in [6.07, 6.45) is -3.32. The third kappa shape index (κ3) is 8.05. The number of amidine groups is 1. The molecule has 0 saturated heterocycles. The van der Waals surface area contributed by atoms with E-state index in [0.29, 0.717) is 20.2 Å². The van der Waals surface area contributed by atoms with E-state index in [-0.39, 0.29) is 22.2 Å². The summed E-state index contributed by atoms with van der Waals surface area (Å²) < 4.78 is 65.2. The van der Waals surface area contributed by atoms with Crippen molar-refractivity contribution in [2.75, 3.05) is 12.9 Å². The van der Waals surface area contributed by atoms with Crippen LogP contribution in [0.4, 0.5) is 13.2 Å². The molecule has 39 heavy (non-hydrogen) atoms. The monoisotopic (exact) mass is 604 g/mol. The topological polar surface area (TPSA) is 168 Å². The second kappa shape index (κ2) is 13.1. The number of hydrogen-bond donors (Lipinski definition) is 4. The highest BCUT2D eigenvalue weighted by molar-refractivity contribution is 8.01. The van der Waals surface area contributed by atoms with Gasteiger partial charge < -0.3 is 20.7 Å². The van der Waals surface area contributed by atoms with Crippen LogP contribution in [-0.4, -0.2) is 55.4 Å². The average molecular weight is 605 g/mol. The lowest BCUT2D eigenvalue weighted by Crippen LogP contribution is -2.21. The number of nitrogens with two attached hydrogens (primary N) is 1. The SMILES string of the molecule is CSc1sc(C(=N)N)cc1S(=O)(=O)c1ccc(C)c(-c2ccccc2)c1COCC(=O)O.O=C(O)C(F)(F)F. The first kappa shape index (κ1) is 31.8. The van der Waals surface area contributed by atoms with Gasteiger partial charge in [0.25, 0.3) is 0 Å². The normalized spacial score (nSPS) is 11.4. The van der Waals surface area contributed by atoms with Crippen molar-refractivity contribution >= 4 is 50.7 Å². The number of halogens is 3. The predicted molar refractivity (Wildman–Crippen MR) is 140 cm³/mol. The highest BCUT2D eigenvalue weighted by Gasteiger charge is 2.38. The van der Waals surface area contributed by atoms with Gasteiger partial charge in [0.2, 0.25) is 9.84 Å². The van der Waals surface area contributed by atoms with Crippen molar-refractivity contribution in [3.05, 3.63) is 64.5 Å². The van der Waals surface area contributed by atoms with E-state index in [1.54, 1.807) is 12.3 Å². The van der Waals surface area contributed by atoms with Crippen molar-refractivity contribution in [2.24, 2.45) is 5.73 Å². The van der Waals surface area contributed by atoms with E-state index in [1.807, 2.05) is 37.3 Å². The van der Waals surface area contributed by atoms with E-state index < -0.39 is 34.6 Å². The molecule has 0 saturated carbocycles. The minimum absolute atomic E-state index is 0.0375. The van der Waals surface area contributed by atoms with Gasteiger partial charge in [-0.25, -0.2) is 18.0 Å². The Kier molecular flexibility index (Phi) is 10.7. The molecule has 0 aliphatic carbocycles. The standard InChI is InChI=1S/C22H22N2O5S3.C2HF3O2/c1-13-8-9-17(32(27,28)18-10-16(21(23)24)31-22(18)30-2)15(11-29-12-19(25)26)20(13)14-6-4-3-5-7-14;3-2(4,5)1(6)7/h3-10H,11-12H2,1-2H3,(H3,23,24)(H,25,26);(H,6,7). The molecule has 0 unspecified atom stereocenters. The molecule has 0 amide bonds. The maximum Gasteiger partial charge on any atom is 0.490 e. The minimum atomic E-state index is -5.08. The summed E-state index contributed by atoms with van der Waals surface area (Å²) in [5, 5.41) is 23.8. The molecule has 2 aromatic carbocycles. The zero-order valence-corrected chi connectivity index (χ0v) is 22.9. The van der Waals surface area contributed by atoms with Crippen LogP contribution < -0.4 is 5.73 Å². The van der Waals surface area contributed by atoms with Gasteiger partial charge in [0.05, 0.1) is 25.5 Å². The Balaban J connectivity index is 0.000000673. The molecule has 3 rings (SSSR count). The maximum atomic E-state index is 13.8. The van der Waals surface area contributed by atoms with Gasteiger partial charge in [-0.05, 0) is 42.0 Å². The number of thioether (sulfide) groups is 1. The first-order valence-corrected chi connectivity index (χ1v) is 14.2. The van der Waals surface area contributed by atoms with Crippen LogP contribution in [0.3, 0.4) is 0 Å². The number of carboxylic acids is 2. The van der Waals surface area contributed by atoms with Crippen LogP contribution in [0.5, 0.6) is 0 Å². The predicted octanol–water partition coefficient (Wildman–Crippen LogP) is 4.80. The molecule has 5 N–H and O–H groups in total. The Morgan fingerprint density at radius 1 is 1.10 bits per heavy atom. The fourth-order valence-electron chi connectivity index (χ4n) is 3.33. The summed E-state index contributed by atoms with van der Waals surface area (Å²) in [5.41, 5.74) is 8.30. The van der Waals surface area contributed by atoms with Gasteiger partial charge in [0, 0.05) is 5.56 Å². The third-order valence-corrected chi connectivity index (χ3v) is 9.38. The maximum absolute atomic E-state index is 13.8. The zero-order chi connectivity index (χ0) is 29.5. The molecule has 0 aliphatic rings. The van der Waals surface area contributed by atoms with E-state index in [2.05, 4.69) is 0 Å². The van der Waals surface area contributed by atoms with Crippen molar-refractivity contribution in [3.63, 3.8) is 0 Å². The average Bonchev–Trinajstić information content (AvgIpc) is 3.30. The number of hydrogen-bond acceptors (Lipinski definition) is 8. The number of nitrogen functional groups attached to an aromatic ring is 1. The van der Waals surface area contributed by atoms with E-state index in [0.717, 1.165) is 22.5 Å². The fraction of sp³-hybridized carbons (Fsp3) is 0.208. The molecule has 0 spiro atoms. The Morgan fingerprint density at radius 3 is 2.18 bits per heavy atom. The van der Waals surface area contributed by atoms with Crippen LogP contribution in [0.15, 0.2) is 62.5 Å². The number of carboxylic acid groups (broad SMARTS) is 2. The van der Waals surface area contributed by atoms with Crippen molar-refractivity contribution in [2.45, 2.75) is 33.7 Å². The van der Waals surface area contributed by atoms with Crippen molar-refractivity contribution in [3.8, 4) is 11.1 Å².